The van der Waals surface area contributed by atoms with E-state index in [1.54, 1.807) is 19.1 Å². The highest BCUT2D eigenvalue weighted by Crippen LogP contribution is 2.27. The third kappa shape index (κ3) is 3.88. The van der Waals surface area contributed by atoms with Gasteiger partial charge in [-0.1, -0.05) is 6.07 Å². The smallest absolute Gasteiger partial charge is 0.238 e. The van der Waals surface area contributed by atoms with E-state index in [9.17, 15) is 13.2 Å². The summed E-state index contributed by atoms with van der Waals surface area (Å²) in [6, 6.07) is 5.31. The van der Waals surface area contributed by atoms with Crippen LogP contribution in [0.1, 0.15) is 18.9 Å². The van der Waals surface area contributed by atoms with E-state index in [-0.39, 0.29) is 16.8 Å². The van der Waals surface area contributed by atoms with Crippen LogP contribution in [0.15, 0.2) is 23.1 Å². The number of hydrogen-bond donors (Lipinski definition) is 2. The number of fused-ring (bicyclic) bond motifs is 1. The Kier molecular flexibility index (Phi) is 4.80. The summed E-state index contributed by atoms with van der Waals surface area (Å²) < 4.78 is 23.0. The second kappa shape index (κ2) is 6.70. The molecule has 3 N–H and O–H groups in total. The molecule has 0 bridgehead atoms. The standard InChI is InChI=1S/C16H24N4O3S/c1-12(21)20-8-6-19(7-9-20)11-14-4-2-13-3-5-15(24(17,22)23)10-16(13)18-14/h3,5,10,14,18H,2,4,6-9,11H2,1H3,(H2,17,22,23). The summed E-state index contributed by atoms with van der Waals surface area (Å²) in [7, 11) is -3.68. The van der Waals surface area contributed by atoms with Gasteiger partial charge in [-0.2, -0.15) is 0 Å². The molecule has 1 fully saturated rings. The van der Waals surface area contributed by atoms with Gasteiger partial charge in [0.25, 0.3) is 0 Å². The lowest BCUT2D eigenvalue weighted by molar-refractivity contribution is -0.130. The molecular formula is C16H24N4O3S. The molecule has 3 rings (SSSR count). The van der Waals surface area contributed by atoms with Crippen molar-refractivity contribution in [2.24, 2.45) is 5.14 Å². The summed E-state index contributed by atoms with van der Waals surface area (Å²) in [6.45, 7) is 5.80. The van der Waals surface area contributed by atoms with Gasteiger partial charge in [0.1, 0.15) is 0 Å². The van der Waals surface area contributed by atoms with Crippen molar-refractivity contribution in [3.05, 3.63) is 23.8 Å². The van der Waals surface area contributed by atoms with Crippen LogP contribution in [-0.2, 0) is 21.2 Å². The van der Waals surface area contributed by atoms with Crippen LogP contribution in [0.4, 0.5) is 5.69 Å². The monoisotopic (exact) mass is 352 g/mol. The van der Waals surface area contributed by atoms with Gasteiger partial charge in [0.05, 0.1) is 4.90 Å². The highest BCUT2D eigenvalue weighted by molar-refractivity contribution is 7.89. The Morgan fingerprint density at radius 2 is 2.00 bits per heavy atom. The van der Waals surface area contributed by atoms with Gasteiger partial charge in [-0.05, 0) is 30.5 Å². The van der Waals surface area contributed by atoms with Gasteiger partial charge in [-0.15, -0.1) is 0 Å². The Morgan fingerprint density at radius 3 is 2.62 bits per heavy atom. The summed E-state index contributed by atoms with van der Waals surface area (Å²) in [6.07, 6.45) is 1.93. The predicted molar refractivity (Wildman–Crippen MR) is 92.2 cm³/mol. The Bertz CT molecular complexity index is 727. The van der Waals surface area contributed by atoms with Gasteiger partial charge in [0, 0.05) is 51.4 Å². The van der Waals surface area contributed by atoms with Crippen molar-refractivity contribution in [3.8, 4) is 0 Å². The maximum absolute atomic E-state index is 11.5. The zero-order valence-electron chi connectivity index (χ0n) is 13.9. The van der Waals surface area contributed by atoms with Crippen LogP contribution < -0.4 is 10.5 Å². The van der Waals surface area contributed by atoms with Gasteiger partial charge >= 0.3 is 0 Å². The maximum Gasteiger partial charge on any atom is 0.238 e. The molecule has 0 aliphatic carbocycles. The minimum absolute atomic E-state index is 0.134. The Labute approximate surface area is 142 Å². The van der Waals surface area contributed by atoms with Crippen molar-refractivity contribution < 1.29 is 13.2 Å². The van der Waals surface area contributed by atoms with E-state index in [4.69, 9.17) is 5.14 Å². The zero-order valence-corrected chi connectivity index (χ0v) is 14.7. The number of sulfonamides is 1. The fraction of sp³-hybridized carbons (Fsp3) is 0.562. The molecule has 1 aromatic carbocycles. The molecule has 0 saturated carbocycles. The van der Waals surface area contributed by atoms with Crippen LogP contribution in [0.2, 0.25) is 0 Å². The molecule has 1 atom stereocenters. The van der Waals surface area contributed by atoms with Crippen molar-refractivity contribution in [3.63, 3.8) is 0 Å². The molecule has 8 heteroatoms. The molecule has 2 heterocycles. The molecule has 1 unspecified atom stereocenters. The second-order valence-corrected chi connectivity index (χ2v) is 8.11. The molecule has 0 spiro atoms. The van der Waals surface area contributed by atoms with Gasteiger partial charge in [-0.3, -0.25) is 9.69 Å². The number of nitrogens with two attached hydrogens (primary N) is 1. The largest absolute Gasteiger partial charge is 0.381 e. The molecule has 2 aliphatic heterocycles. The van der Waals surface area contributed by atoms with Gasteiger partial charge in [-0.25, -0.2) is 13.6 Å². The van der Waals surface area contributed by atoms with Gasteiger partial charge in [0.2, 0.25) is 15.9 Å². The number of benzene rings is 1. The molecule has 1 aromatic rings. The van der Waals surface area contributed by atoms with E-state index in [1.807, 2.05) is 11.0 Å². The van der Waals surface area contributed by atoms with Crippen molar-refractivity contribution in [1.29, 1.82) is 0 Å². The summed E-state index contributed by atoms with van der Waals surface area (Å²) in [4.78, 5) is 15.8. The highest BCUT2D eigenvalue weighted by Gasteiger charge is 2.24. The van der Waals surface area contributed by atoms with E-state index < -0.39 is 10.0 Å². The van der Waals surface area contributed by atoms with E-state index >= 15 is 0 Å². The molecule has 1 saturated heterocycles. The molecular weight excluding hydrogens is 328 g/mol. The molecule has 132 valence electrons. The quantitative estimate of drug-likeness (QED) is 0.812. The van der Waals surface area contributed by atoms with E-state index in [1.165, 1.54) is 0 Å². The lowest BCUT2D eigenvalue weighted by Crippen LogP contribution is -2.51. The third-order valence-corrected chi connectivity index (χ3v) is 5.74. The number of nitrogens with zero attached hydrogens (tertiary/aromatic N) is 2. The molecule has 7 nitrogen and oxygen atoms in total. The first kappa shape index (κ1) is 17.2. The fourth-order valence-electron chi connectivity index (χ4n) is 3.40. The van der Waals surface area contributed by atoms with E-state index in [0.29, 0.717) is 0 Å². The van der Waals surface area contributed by atoms with Gasteiger partial charge < -0.3 is 10.2 Å². The van der Waals surface area contributed by atoms with Crippen LogP contribution in [0, 0.1) is 0 Å². The number of aryl methyl sites for hydroxylation is 1. The van der Waals surface area contributed by atoms with Crippen molar-refractivity contribution in [2.45, 2.75) is 30.7 Å². The molecule has 2 aliphatic rings. The average Bonchev–Trinajstić information content (AvgIpc) is 2.54. The first-order chi connectivity index (χ1) is 11.3. The van der Waals surface area contributed by atoms with E-state index in [2.05, 4.69) is 10.2 Å². The maximum atomic E-state index is 11.5. The number of primary sulfonamides is 1. The summed E-state index contributed by atoms with van der Waals surface area (Å²) in [5.41, 5.74) is 1.99. The number of piperazine rings is 1. The number of anilines is 1. The molecule has 0 radical (unpaired) electrons. The Hall–Kier alpha value is -1.64. The minimum atomic E-state index is -3.68. The average molecular weight is 352 g/mol. The molecule has 24 heavy (non-hydrogen) atoms. The summed E-state index contributed by atoms with van der Waals surface area (Å²) in [5.74, 6) is 0.134. The van der Waals surface area contributed by atoms with Crippen LogP contribution >= 0.6 is 0 Å². The van der Waals surface area contributed by atoms with Crippen LogP contribution in [0.5, 0.6) is 0 Å². The van der Waals surface area contributed by atoms with Gasteiger partial charge in [0.15, 0.2) is 0 Å². The summed E-state index contributed by atoms with van der Waals surface area (Å²) >= 11 is 0. The number of carbonyl (C=O) groups excluding carboxylic acids is 1. The summed E-state index contributed by atoms with van der Waals surface area (Å²) in [5, 5.41) is 8.66. The molecule has 1 amide bonds. The van der Waals surface area contributed by atoms with Crippen LogP contribution in [0.25, 0.3) is 0 Å². The number of rotatable bonds is 3. The normalized spacial score (nSPS) is 21.9. The zero-order chi connectivity index (χ0) is 17.3. The SMILES string of the molecule is CC(=O)N1CCN(CC2CCc3ccc(S(N)(=O)=O)cc3N2)CC1. The topological polar surface area (TPSA) is 95.7 Å². The lowest BCUT2D eigenvalue weighted by Gasteiger charge is -2.37. The van der Waals surface area contributed by atoms with Crippen LogP contribution in [-0.4, -0.2) is 62.9 Å². The lowest BCUT2D eigenvalue weighted by atomic mass is 9.97. The van der Waals surface area contributed by atoms with Crippen LogP contribution in [0.3, 0.4) is 0 Å². The van der Waals surface area contributed by atoms with Crippen molar-refractivity contribution >= 4 is 21.6 Å². The van der Waals surface area contributed by atoms with Crippen molar-refractivity contribution in [2.75, 3.05) is 38.0 Å². The number of hydrogen-bond acceptors (Lipinski definition) is 5. The first-order valence-corrected chi connectivity index (χ1v) is 9.78. The third-order valence-electron chi connectivity index (χ3n) is 4.83. The fourth-order valence-corrected chi connectivity index (χ4v) is 3.94. The minimum Gasteiger partial charge on any atom is -0.381 e. The van der Waals surface area contributed by atoms with E-state index in [0.717, 1.165) is 56.8 Å². The Morgan fingerprint density at radius 1 is 1.29 bits per heavy atom. The first-order valence-electron chi connectivity index (χ1n) is 8.23. The molecule has 0 aromatic heterocycles. The Balaban J connectivity index is 1.62. The second-order valence-electron chi connectivity index (χ2n) is 6.55. The van der Waals surface area contributed by atoms with Crippen molar-refractivity contribution in [1.82, 2.24) is 9.80 Å². The number of carbonyl (C=O) groups is 1. The number of amides is 1. The predicted octanol–water partition coefficient (Wildman–Crippen LogP) is 0.225. The number of nitrogens with one attached hydrogen (secondary N) is 1. The highest BCUT2D eigenvalue weighted by atomic mass is 32.2.